The van der Waals surface area contributed by atoms with Gasteiger partial charge < -0.3 is 4.74 Å². The van der Waals surface area contributed by atoms with E-state index < -0.39 is 23.2 Å². The molecule has 0 heterocycles. The van der Waals surface area contributed by atoms with Crippen LogP contribution in [0.1, 0.15) is 18.4 Å². The zero-order chi connectivity index (χ0) is 14.0. The Balaban J connectivity index is 2.35. The Labute approximate surface area is 116 Å². The molecule has 1 saturated carbocycles. The average Bonchev–Trinajstić information content (AvgIpc) is 3.09. The lowest BCUT2D eigenvalue weighted by Gasteiger charge is -2.00. The highest BCUT2D eigenvalue weighted by Gasteiger charge is 2.71. The summed E-state index contributed by atoms with van der Waals surface area (Å²) < 4.78 is 4.93. The van der Waals surface area contributed by atoms with E-state index in [4.69, 9.17) is 16.3 Å². The quantitative estimate of drug-likeness (QED) is 0.794. The molecule has 0 bridgehead atoms. The van der Waals surface area contributed by atoms with E-state index in [1.807, 2.05) is 12.1 Å². The van der Waals surface area contributed by atoms with E-state index >= 15 is 0 Å². The first-order valence-corrected chi connectivity index (χ1v) is 6.23. The molecule has 0 amide bonds. The number of rotatable bonds is 3. The minimum Gasteiger partial charge on any atom is -0.466 e. The summed E-state index contributed by atoms with van der Waals surface area (Å²) in [7, 11) is 0. The molecule has 0 aromatic heterocycles. The predicted octanol–water partition coefficient (Wildman–Crippen LogP) is 2.65. The first kappa shape index (κ1) is 13.4. The molecular formula is C14H11ClN2O2. The SMILES string of the molecule is CCOC(=O)[C@H]1[C@@H](c2ccc(Cl)cc2)C1(C#N)C#N. The Kier molecular flexibility index (Phi) is 3.46. The van der Waals surface area contributed by atoms with Gasteiger partial charge >= 0.3 is 5.97 Å². The van der Waals surface area contributed by atoms with Gasteiger partial charge in [-0.15, -0.1) is 0 Å². The van der Waals surface area contributed by atoms with Crippen molar-refractivity contribution in [2.75, 3.05) is 6.61 Å². The highest BCUT2D eigenvalue weighted by atomic mass is 35.5. The van der Waals surface area contributed by atoms with Crippen molar-refractivity contribution >= 4 is 17.6 Å². The van der Waals surface area contributed by atoms with Crippen molar-refractivity contribution in [3.63, 3.8) is 0 Å². The second-order valence-corrected chi connectivity index (χ2v) is 4.79. The van der Waals surface area contributed by atoms with Crippen LogP contribution in [0.15, 0.2) is 24.3 Å². The van der Waals surface area contributed by atoms with E-state index in [1.54, 1.807) is 31.2 Å². The third-order valence-electron chi connectivity index (χ3n) is 3.34. The molecule has 1 fully saturated rings. The van der Waals surface area contributed by atoms with Crippen molar-refractivity contribution in [2.45, 2.75) is 12.8 Å². The van der Waals surface area contributed by atoms with E-state index in [0.29, 0.717) is 5.02 Å². The fraction of sp³-hybridized carbons (Fsp3) is 0.357. The molecule has 0 radical (unpaired) electrons. The molecule has 0 N–H and O–H groups in total. The molecule has 2 rings (SSSR count). The summed E-state index contributed by atoms with van der Waals surface area (Å²) in [6, 6.07) is 10.7. The normalized spacial score (nSPS) is 22.9. The molecular weight excluding hydrogens is 264 g/mol. The molecule has 1 aliphatic carbocycles. The van der Waals surface area contributed by atoms with E-state index in [2.05, 4.69) is 0 Å². The van der Waals surface area contributed by atoms with Crippen molar-refractivity contribution in [3.8, 4) is 12.1 Å². The van der Waals surface area contributed by atoms with Crippen LogP contribution in [0.4, 0.5) is 0 Å². The average molecular weight is 275 g/mol. The lowest BCUT2D eigenvalue weighted by Crippen LogP contribution is -2.11. The van der Waals surface area contributed by atoms with E-state index in [-0.39, 0.29) is 6.61 Å². The monoisotopic (exact) mass is 274 g/mol. The minimum atomic E-state index is -1.32. The first-order chi connectivity index (χ1) is 9.10. The minimum absolute atomic E-state index is 0.232. The first-order valence-electron chi connectivity index (χ1n) is 5.85. The molecule has 0 spiro atoms. The molecule has 1 aromatic carbocycles. The Morgan fingerprint density at radius 1 is 1.37 bits per heavy atom. The second-order valence-electron chi connectivity index (χ2n) is 4.35. The number of halogens is 1. The van der Waals surface area contributed by atoms with Gasteiger partial charge in [0.15, 0.2) is 5.41 Å². The number of nitrogens with zero attached hydrogens (tertiary/aromatic N) is 2. The van der Waals surface area contributed by atoms with Gasteiger partial charge in [-0.2, -0.15) is 10.5 Å². The fourth-order valence-electron chi connectivity index (χ4n) is 2.37. The van der Waals surface area contributed by atoms with Gasteiger partial charge in [-0.05, 0) is 24.6 Å². The molecule has 1 aliphatic rings. The van der Waals surface area contributed by atoms with Gasteiger partial charge in [-0.1, -0.05) is 23.7 Å². The highest BCUT2D eigenvalue weighted by Crippen LogP contribution is 2.64. The number of hydrogen-bond donors (Lipinski definition) is 0. The van der Waals surface area contributed by atoms with Crippen molar-refractivity contribution in [1.29, 1.82) is 10.5 Å². The maximum atomic E-state index is 11.8. The van der Waals surface area contributed by atoms with E-state index in [0.717, 1.165) is 5.56 Å². The molecule has 2 atom stereocenters. The van der Waals surface area contributed by atoms with Crippen LogP contribution in [-0.2, 0) is 9.53 Å². The van der Waals surface area contributed by atoms with Crippen LogP contribution in [0.2, 0.25) is 5.02 Å². The number of ether oxygens (including phenoxy) is 1. The molecule has 0 unspecified atom stereocenters. The van der Waals surface area contributed by atoms with Crippen molar-refractivity contribution in [1.82, 2.24) is 0 Å². The third kappa shape index (κ3) is 2.05. The summed E-state index contributed by atoms with van der Waals surface area (Å²) in [6.45, 7) is 1.92. The number of carbonyl (C=O) groups excluding carboxylic acids is 1. The van der Waals surface area contributed by atoms with Crippen LogP contribution in [0.3, 0.4) is 0 Å². The molecule has 96 valence electrons. The Bertz CT molecular complexity index is 569. The summed E-state index contributed by atoms with van der Waals surface area (Å²) in [5.41, 5.74) is -0.564. The van der Waals surface area contributed by atoms with Gasteiger partial charge in [-0.25, -0.2) is 0 Å². The molecule has 5 heteroatoms. The molecule has 0 saturated heterocycles. The van der Waals surface area contributed by atoms with Crippen LogP contribution in [0, 0.1) is 34.0 Å². The predicted molar refractivity (Wildman–Crippen MR) is 68.0 cm³/mol. The lowest BCUT2D eigenvalue weighted by atomic mass is 10.0. The van der Waals surface area contributed by atoms with Gasteiger partial charge in [0, 0.05) is 10.9 Å². The van der Waals surface area contributed by atoms with Crippen LogP contribution in [0.25, 0.3) is 0 Å². The van der Waals surface area contributed by atoms with E-state index in [1.165, 1.54) is 0 Å². The van der Waals surface area contributed by atoms with E-state index in [9.17, 15) is 15.3 Å². The van der Waals surface area contributed by atoms with Gasteiger partial charge in [0.1, 0.15) is 0 Å². The summed E-state index contributed by atoms with van der Waals surface area (Å²) >= 11 is 5.80. The van der Waals surface area contributed by atoms with Crippen LogP contribution < -0.4 is 0 Å². The summed E-state index contributed by atoms with van der Waals surface area (Å²) in [6.07, 6.45) is 0. The summed E-state index contributed by atoms with van der Waals surface area (Å²) in [4.78, 5) is 11.8. The highest BCUT2D eigenvalue weighted by molar-refractivity contribution is 6.30. The standard InChI is InChI=1S/C14H11ClN2O2/c1-2-19-13(18)12-11(14(12,7-16)8-17)9-3-5-10(15)6-4-9/h3-6,11-12H,2H2,1H3/t11-,12-/m1/s1. The van der Waals surface area contributed by atoms with Crippen LogP contribution >= 0.6 is 11.6 Å². The topological polar surface area (TPSA) is 73.9 Å². The molecule has 19 heavy (non-hydrogen) atoms. The van der Waals surface area contributed by atoms with Gasteiger partial charge in [0.05, 0.1) is 24.7 Å². The Hall–Kier alpha value is -2.04. The maximum absolute atomic E-state index is 11.8. The number of hydrogen-bond acceptors (Lipinski definition) is 4. The van der Waals surface area contributed by atoms with Crippen LogP contribution in [0.5, 0.6) is 0 Å². The second kappa shape index (κ2) is 4.91. The van der Waals surface area contributed by atoms with Crippen molar-refractivity contribution in [3.05, 3.63) is 34.9 Å². The Morgan fingerprint density at radius 2 is 1.95 bits per heavy atom. The number of carbonyl (C=O) groups is 1. The number of benzene rings is 1. The van der Waals surface area contributed by atoms with Crippen molar-refractivity contribution in [2.24, 2.45) is 11.3 Å². The van der Waals surface area contributed by atoms with Crippen molar-refractivity contribution < 1.29 is 9.53 Å². The number of esters is 1. The fourth-order valence-corrected chi connectivity index (χ4v) is 2.50. The maximum Gasteiger partial charge on any atom is 0.312 e. The van der Waals surface area contributed by atoms with Crippen LogP contribution in [-0.4, -0.2) is 12.6 Å². The Morgan fingerprint density at radius 3 is 2.42 bits per heavy atom. The molecule has 0 aliphatic heterocycles. The smallest absolute Gasteiger partial charge is 0.312 e. The third-order valence-corrected chi connectivity index (χ3v) is 3.60. The zero-order valence-electron chi connectivity index (χ0n) is 10.3. The summed E-state index contributed by atoms with van der Waals surface area (Å²) in [5, 5.41) is 19.0. The molecule has 1 aromatic rings. The van der Waals surface area contributed by atoms with Gasteiger partial charge in [-0.3, -0.25) is 4.79 Å². The summed E-state index contributed by atoms with van der Waals surface area (Å²) in [5.74, 6) is -1.66. The lowest BCUT2D eigenvalue weighted by molar-refractivity contribution is -0.145. The largest absolute Gasteiger partial charge is 0.466 e. The molecule has 4 nitrogen and oxygen atoms in total. The van der Waals surface area contributed by atoms with Gasteiger partial charge in [0.25, 0.3) is 0 Å². The van der Waals surface area contributed by atoms with Gasteiger partial charge in [0.2, 0.25) is 0 Å². The number of nitriles is 2. The zero-order valence-corrected chi connectivity index (χ0v) is 11.0.